The van der Waals surface area contributed by atoms with E-state index >= 15 is 0 Å². The Labute approximate surface area is 176 Å². The van der Waals surface area contributed by atoms with Crippen LogP contribution in [0.3, 0.4) is 0 Å². The predicted octanol–water partition coefficient (Wildman–Crippen LogP) is 3.87. The SMILES string of the molecule is COc1ccc(OC)c(-c2ccc(=O)n(CC(=O)Nc3cc(Cl)cc(Cl)c3)n2)c1. The van der Waals surface area contributed by atoms with Crippen molar-refractivity contribution in [1.29, 1.82) is 0 Å². The normalized spacial score (nSPS) is 10.5. The average molecular weight is 434 g/mol. The van der Waals surface area contributed by atoms with Crippen molar-refractivity contribution in [2.24, 2.45) is 0 Å². The van der Waals surface area contributed by atoms with Gasteiger partial charge >= 0.3 is 0 Å². The molecule has 1 aromatic heterocycles. The Hall–Kier alpha value is -3.03. The molecule has 0 aliphatic rings. The molecular formula is C20H17Cl2N3O4. The highest BCUT2D eigenvalue weighted by molar-refractivity contribution is 6.35. The number of rotatable bonds is 6. The summed E-state index contributed by atoms with van der Waals surface area (Å²) in [4.78, 5) is 24.6. The zero-order chi connectivity index (χ0) is 21.0. The van der Waals surface area contributed by atoms with Crippen LogP contribution in [0.15, 0.2) is 53.3 Å². The van der Waals surface area contributed by atoms with Crippen molar-refractivity contribution in [3.05, 3.63) is 68.9 Å². The van der Waals surface area contributed by atoms with Gasteiger partial charge in [0, 0.05) is 27.4 Å². The summed E-state index contributed by atoms with van der Waals surface area (Å²) in [6, 6.07) is 12.8. The number of amides is 1. The summed E-state index contributed by atoms with van der Waals surface area (Å²) in [5.41, 5.74) is 1.09. The molecule has 0 bridgehead atoms. The number of ether oxygens (including phenoxy) is 2. The number of benzene rings is 2. The molecule has 0 aliphatic carbocycles. The number of halogens is 2. The lowest BCUT2D eigenvalue weighted by molar-refractivity contribution is -0.117. The number of carbonyl (C=O) groups excluding carboxylic acids is 1. The minimum absolute atomic E-state index is 0.289. The molecule has 0 saturated heterocycles. The zero-order valence-corrected chi connectivity index (χ0v) is 17.1. The van der Waals surface area contributed by atoms with Crippen molar-refractivity contribution in [2.75, 3.05) is 19.5 Å². The molecule has 0 saturated carbocycles. The largest absolute Gasteiger partial charge is 0.497 e. The second-order valence-electron chi connectivity index (χ2n) is 5.99. The highest BCUT2D eigenvalue weighted by atomic mass is 35.5. The van der Waals surface area contributed by atoms with E-state index in [1.54, 1.807) is 49.6 Å². The van der Waals surface area contributed by atoms with Crippen LogP contribution in [0.5, 0.6) is 11.5 Å². The lowest BCUT2D eigenvalue weighted by Gasteiger charge is -2.12. The van der Waals surface area contributed by atoms with E-state index in [-0.39, 0.29) is 6.54 Å². The van der Waals surface area contributed by atoms with E-state index in [0.29, 0.717) is 38.5 Å². The molecule has 0 spiro atoms. The van der Waals surface area contributed by atoms with Gasteiger partial charge in [-0.1, -0.05) is 23.2 Å². The minimum Gasteiger partial charge on any atom is -0.497 e. The third-order valence-corrected chi connectivity index (χ3v) is 4.43. The lowest BCUT2D eigenvalue weighted by atomic mass is 10.1. The van der Waals surface area contributed by atoms with Crippen LogP contribution < -0.4 is 20.3 Å². The number of nitrogens with zero attached hydrogens (tertiary/aromatic N) is 2. The first-order valence-corrected chi connectivity index (χ1v) is 9.21. The van der Waals surface area contributed by atoms with Gasteiger partial charge in [0.05, 0.1) is 19.9 Å². The van der Waals surface area contributed by atoms with Crippen molar-refractivity contribution in [3.8, 4) is 22.8 Å². The topological polar surface area (TPSA) is 82.5 Å². The van der Waals surface area contributed by atoms with Gasteiger partial charge in [0.15, 0.2) is 0 Å². The summed E-state index contributed by atoms with van der Waals surface area (Å²) in [6.45, 7) is -0.289. The molecule has 3 rings (SSSR count). The third kappa shape index (κ3) is 5.07. The minimum atomic E-state index is -0.451. The first kappa shape index (κ1) is 20.7. The molecule has 2 aromatic carbocycles. The Balaban J connectivity index is 1.88. The summed E-state index contributed by atoms with van der Waals surface area (Å²) >= 11 is 11.9. The molecule has 150 valence electrons. The second-order valence-corrected chi connectivity index (χ2v) is 6.86. The van der Waals surface area contributed by atoms with Crippen LogP contribution in [-0.4, -0.2) is 29.9 Å². The summed E-state index contributed by atoms with van der Waals surface area (Å²) in [5, 5.41) is 7.71. The fourth-order valence-electron chi connectivity index (χ4n) is 2.68. The maximum Gasteiger partial charge on any atom is 0.267 e. The summed E-state index contributed by atoms with van der Waals surface area (Å²) in [5.74, 6) is 0.713. The molecular weight excluding hydrogens is 417 g/mol. The zero-order valence-electron chi connectivity index (χ0n) is 15.6. The Bertz CT molecular complexity index is 1090. The molecule has 7 nitrogen and oxygen atoms in total. The van der Waals surface area contributed by atoms with Crippen LogP contribution in [0.25, 0.3) is 11.3 Å². The molecule has 0 atom stereocenters. The van der Waals surface area contributed by atoms with Crippen molar-refractivity contribution in [1.82, 2.24) is 9.78 Å². The van der Waals surface area contributed by atoms with Gasteiger partial charge in [-0.05, 0) is 42.5 Å². The number of methoxy groups -OCH3 is 2. The maximum absolute atomic E-state index is 12.4. The lowest BCUT2D eigenvalue weighted by Crippen LogP contribution is -2.29. The van der Waals surface area contributed by atoms with E-state index in [4.69, 9.17) is 32.7 Å². The van der Waals surface area contributed by atoms with Gasteiger partial charge in [0.1, 0.15) is 18.0 Å². The summed E-state index contributed by atoms with van der Waals surface area (Å²) in [6.07, 6.45) is 0. The molecule has 1 heterocycles. The Morgan fingerprint density at radius 2 is 1.76 bits per heavy atom. The fourth-order valence-corrected chi connectivity index (χ4v) is 3.21. The average Bonchev–Trinajstić information content (AvgIpc) is 2.68. The van der Waals surface area contributed by atoms with Crippen LogP contribution in [0.1, 0.15) is 0 Å². The van der Waals surface area contributed by atoms with Gasteiger partial charge in [0.2, 0.25) is 5.91 Å². The quantitative estimate of drug-likeness (QED) is 0.637. The van der Waals surface area contributed by atoms with E-state index in [0.717, 1.165) is 4.68 Å². The number of nitrogens with one attached hydrogen (secondary N) is 1. The van der Waals surface area contributed by atoms with Gasteiger partial charge in [-0.3, -0.25) is 9.59 Å². The van der Waals surface area contributed by atoms with E-state index in [1.165, 1.54) is 13.2 Å². The number of hydrogen-bond acceptors (Lipinski definition) is 5. The molecule has 29 heavy (non-hydrogen) atoms. The van der Waals surface area contributed by atoms with Crippen molar-refractivity contribution in [2.45, 2.75) is 6.54 Å². The van der Waals surface area contributed by atoms with Crippen molar-refractivity contribution < 1.29 is 14.3 Å². The smallest absolute Gasteiger partial charge is 0.267 e. The van der Waals surface area contributed by atoms with E-state index in [9.17, 15) is 9.59 Å². The molecule has 1 amide bonds. The van der Waals surface area contributed by atoms with Crippen LogP contribution in [0.4, 0.5) is 5.69 Å². The Morgan fingerprint density at radius 3 is 2.41 bits per heavy atom. The number of anilines is 1. The van der Waals surface area contributed by atoms with Gasteiger partial charge in [-0.2, -0.15) is 5.10 Å². The molecule has 0 fully saturated rings. The standard InChI is InChI=1S/C20H17Cl2N3O4/c1-28-15-3-5-18(29-2)16(10-15)17-4-6-20(27)25(24-17)11-19(26)23-14-8-12(21)7-13(22)9-14/h3-10H,11H2,1-2H3,(H,23,26). The van der Waals surface area contributed by atoms with Gasteiger partial charge in [-0.15, -0.1) is 0 Å². The highest BCUT2D eigenvalue weighted by Crippen LogP contribution is 2.31. The molecule has 1 N–H and O–H groups in total. The van der Waals surface area contributed by atoms with Crippen molar-refractivity contribution >= 4 is 34.8 Å². The predicted molar refractivity (Wildman–Crippen MR) is 112 cm³/mol. The fraction of sp³-hybridized carbons (Fsp3) is 0.150. The van der Waals surface area contributed by atoms with Gasteiger partial charge in [0.25, 0.3) is 5.56 Å². The number of hydrogen-bond donors (Lipinski definition) is 1. The number of carbonyl (C=O) groups is 1. The van der Waals surface area contributed by atoms with Crippen LogP contribution in [-0.2, 0) is 11.3 Å². The maximum atomic E-state index is 12.4. The number of aromatic nitrogens is 2. The third-order valence-electron chi connectivity index (χ3n) is 3.99. The van der Waals surface area contributed by atoms with Crippen LogP contribution >= 0.6 is 23.2 Å². The Morgan fingerprint density at radius 1 is 1.03 bits per heavy atom. The van der Waals surface area contributed by atoms with E-state index in [1.807, 2.05) is 0 Å². The van der Waals surface area contributed by atoms with Gasteiger partial charge < -0.3 is 14.8 Å². The highest BCUT2D eigenvalue weighted by Gasteiger charge is 2.13. The van der Waals surface area contributed by atoms with Crippen molar-refractivity contribution in [3.63, 3.8) is 0 Å². The van der Waals surface area contributed by atoms with E-state index in [2.05, 4.69) is 10.4 Å². The Kier molecular flexibility index (Phi) is 6.41. The van der Waals surface area contributed by atoms with Crippen LogP contribution in [0.2, 0.25) is 10.0 Å². The summed E-state index contributed by atoms with van der Waals surface area (Å²) < 4.78 is 11.7. The summed E-state index contributed by atoms with van der Waals surface area (Å²) in [7, 11) is 3.08. The van der Waals surface area contributed by atoms with Crippen LogP contribution in [0, 0.1) is 0 Å². The molecule has 0 aliphatic heterocycles. The second kappa shape index (κ2) is 8.98. The molecule has 0 radical (unpaired) electrons. The first-order chi connectivity index (χ1) is 13.9. The van der Waals surface area contributed by atoms with E-state index < -0.39 is 11.5 Å². The monoisotopic (exact) mass is 433 g/mol. The molecule has 9 heteroatoms. The van der Waals surface area contributed by atoms with Gasteiger partial charge in [-0.25, -0.2) is 4.68 Å². The molecule has 3 aromatic rings. The molecule has 0 unspecified atom stereocenters. The first-order valence-electron chi connectivity index (χ1n) is 8.46.